The standard InChI is InChI=1S/C26H27N3O3/c1-18-21(11-7-12-22(18)29-26(31)20-14-15-20)27-16-25(30)28-23-10-5-6-13-24(23)32-17-19-8-3-2-4-9-19/h2-13,20,27H,14-17H2,1H3,(H,28,30)(H,29,31). The lowest BCUT2D eigenvalue weighted by molar-refractivity contribution is -0.117. The molecule has 2 amide bonds. The van der Waals surface area contributed by atoms with Crippen molar-refractivity contribution in [2.24, 2.45) is 5.92 Å². The van der Waals surface area contributed by atoms with Crippen LogP contribution in [0.15, 0.2) is 72.8 Å². The third-order valence-corrected chi connectivity index (χ3v) is 5.38. The molecule has 1 aliphatic carbocycles. The summed E-state index contributed by atoms with van der Waals surface area (Å²) in [5, 5.41) is 9.05. The number of hydrogen-bond donors (Lipinski definition) is 3. The van der Waals surface area contributed by atoms with Crippen molar-refractivity contribution in [2.75, 3.05) is 22.5 Å². The number of carbonyl (C=O) groups is 2. The Morgan fingerprint density at radius 2 is 1.53 bits per heavy atom. The van der Waals surface area contributed by atoms with Gasteiger partial charge in [0.25, 0.3) is 0 Å². The minimum absolute atomic E-state index is 0.0649. The van der Waals surface area contributed by atoms with Crippen LogP contribution in [-0.4, -0.2) is 18.4 Å². The number of para-hydroxylation sites is 2. The Kier molecular flexibility index (Phi) is 6.70. The molecule has 0 bridgehead atoms. The molecule has 6 nitrogen and oxygen atoms in total. The number of rotatable bonds is 9. The van der Waals surface area contributed by atoms with E-state index in [1.165, 1.54) is 0 Å². The smallest absolute Gasteiger partial charge is 0.243 e. The summed E-state index contributed by atoms with van der Waals surface area (Å²) in [6, 6.07) is 22.9. The Labute approximate surface area is 188 Å². The fourth-order valence-electron chi connectivity index (χ4n) is 3.34. The lowest BCUT2D eigenvalue weighted by Gasteiger charge is -2.15. The van der Waals surface area contributed by atoms with Crippen LogP contribution in [0.5, 0.6) is 5.75 Å². The summed E-state index contributed by atoms with van der Waals surface area (Å²) in [5.41, 5.74) is 4.16. The maximum Gasteiger partial charge on any atom is 0.243 e. The first-order valence-corrected chi connectivity index (χ1v) is 10.8. The van der Waals surface area contributed by atoms with Crippen LogP contribution in [0, 0.1) is 12.8 Å². The molecule has 0 heterocycles. The van der Waals surface area contributed by atoms with E-state index < -0.39 is 0 Å². The topological polar surface area (TPSA) is 79.5 Å². The van der Waals surface area contributed by atoms with Crippen LogP contribution in [-0.2, 0) is 16.2 Å². The van der Waals surface area contributed by atoms with Crippen LogP contribution < -0.4 is 20.7 Å². The number of anilines is 3. The number of nitrogens with one attached hydrogen (secondary N) is 3. The number of ether oxygens (including phenoxy) is 1. The second-order valence-electron chi connectivity index (χ2n) is 7.91. The molecular weight excluding hydrogens is 402 g/mol. The Balaban J connectivity index is 1.34. The van der Waals surface area contributed by atoms with Gasteiger partial charge in [-0.1, -0.05) is 48.5 Å². The molecule has 4 rings (SSSR count). The van der Waals surface area contributed by atoms with Gasteiger partial charge in [0.1, 0.15) is 12.4 Å². The molecule has 0 atom stereocenters. The quantitative estimate of drug-likeness (QED) is 0.449. The highest BCUT2D eigenvalue weighted by Gasteiger charge is 2.29. The van der Waals surface area contributed by atoms with Crippen LogP contribution in [0.4, 0.5) is 17.1 Å². The molecule has 6 heteroatoms. The van der Waals surface area contributed by atoms with E-state index in [0.717, 1.165) is 35.3 Å². The molecule has 3 N–H and O–H groups in total. The summed E-state index contributed by atoms with van der Waals surface area (Å²) in [4.78, 5) is 24.7. The van der Waals surface area contributed by atoms with Crippen molar-refractivity contribution >= 4 is 28.9 Å². The van der Waals surface area contributed by atoms with Gasteiger partial charge in [-0.2, -0.15) is 0 Å². The van der Waals surface area contributed by atoms with Gasteiger partial charge >= 0.3 is 0 Å². The van der Waals surface area contributed by atoms with Crippen molar-refractivity contribution in [1.82, 2.24) is 0 Å². The van der Waals surface area contributed by atoms with E-state index in [2.05, 4.69) is 16.0 Å². The highest BCUT2D eigenvalue weighted by Crippen LogP contribution is 2.31. The Bertz CT molecular complexity index is 1090. The molecule has 1 fully saturated rings. The molecule has 1 aliphatic rings. The fourth-order valence-corrected chi connectivity index (χ4v) is 3.34. The van der Waals surface area contributed by atoms with Crippen LogP contribution in [0.2, 0.25) is 0 Å². The van der Waals surface area contributed by atoms with Crippen molar-refractivity contribution in [1.29, 1.82) is 0 Å². The summed E-state index contributed by atoms with van der Waals surface area (Å²) in [6.07, 6.45) is 1.92. The molecule has 32 heavy (non-hydrogen) atoms. The van der Waals surface area contributed by atoms with Gasteiger partial charge in [-0.05, 0) is 55.2 Å². The zero-order chi connectivity index (χ0) is 22.3. The number of benzene rings is 3. The molecule has 164 valence electrons. The lowest BCUT2D eigenvalue weighted by atomic mass is 10.1. The average molecular weight is 430 g/mol. The monoisotopic (exact) mass is 429 g/mol. The normalized spacial score (nSPS) is 12.7. The summed E-state index contributed by atoms with van der Waals surface area (Å²) < 4.78 is 5.91. The first kappa shape index (κ1) is 21.4. The van der Waals surface area contributed by atoms with Gasteiger partial charge in [0.05, 0.1) is 12.2 Å². The highest BCUT2D eigenvalue weighted by molar-refractivity contribution is 5.97. The predicted molar refractivity (Wildman–Crippen MR) is 127 cm³/mol. The van der Waals surface area contributed by atoms with E-state index >= 15 is 0 Å². The summed E-state index contributed by atoms with van der Waals surface area (Å²) in [5.74, 6) is 0.634. The SMILES string of the molecule is Cc1c(NCC(=O)Nc2ccccc2OCc2ccccc2)cccc1NC(=O)C1CC1. The predicted octanol–water partition coefficient (Wildman–Crippen LogP) is 4.97. The summed E-state index contributed by atoms with van der Waals surface area (Å²) >= 11 is 0. The number of hydrogen-bond acceptors (Lipinski definition) is 4. The third kappa shape index (κ3) is 5.66. The number of amides is 2. The van der Waals surface area contributed by atoms with E-state index in [1.807, 2.05) is 79.7 Å². The Morgan fingerprint density at radius 3 is 2.31 bits per heavy atom. The summed E-state index contributed by atoms with van der Waals surface area (Å²) in [7, 11) is 0. The van der Waals surface area contributed by atoms with Crippen LogP contribution in [0.3, 0.4) is 0 Å². The van der Waals surface area contributed by atoms with Gasteiger partial charge in [0.2, 0.25) is 11.8 Å². The molecule has 0 aromatic heterocycles. The minimum Gasteiger partial charge on any atom is -0.487 e. The Hall–Kier alpha value is -3.80. The zero-order valence-corrected chi connectivity index (χ0v) is 18.1. The third-order valence-electron chi connectivity index (χ3n) is 5.38. The maximum atomic E-state index is 12.6. The average Bonchev–Trinajstić information content (AvgIpc) is 3.65. The molecule has 0 saturated heterocycles. The Morgan fingerprint density at radius 1 is 0.844 bits per heavy atom. The van der Waals surface area contributed by atoms with Crippen molar-refractivity contribution < 1.29 is 14.3 Å². The second kappa shape index (κ2) is 10.0. The molecular formula is C26H27N3O3. The molecule has 0 radical (unpaired) electrons. The fraction of sp³-hybridized carbons (Fsp3) is 0.231. The van der Waals surface area contributed by atoms with Gasteiger partial charge in [0.15, 0.2) is 0 Å². The van der Waals surface area contributed by atoms with E-state index in [1.54, 1.807) is 0 Å². The van der Waals surface area contributed by atoms with Crippen LogP contribution in [0.25, 0.3) is 0 Å². The van der Waals surface area contributed by atoms with Gasteiger partial charge in [-0.3, -0.25) is 9.59 Å². The molecule has 3 aromatic carbocycles. The highest BCUT2D eigenvalue weighted by atomic mass is 16.5. The van der Waals surface area contributed by atoms with Crippen molar-refractivity contribution in [2.45, 2.75) is 26.4 Å². The first-order valence-electron chi connectivity index (χ1n) is 10.8. The van der Waals surface area contributed by atoms with E-state index in [4.69, 9.17) is 4.74 Å². The van der Waals surface area contributed by atoms with E-state index in [-0.39, 0.29) is 24.3 Å². The van der Waals surface area contributed by atoms with Crippen LogP contribution in [0.1, 0.15) is 24.0 Å². The van der Waals surface area contributed by atoms with Crippen molar-refractivity contribution in [3.63, 3.8) is 0 Å². The molecule has 1 saturated carbocycles. The number of carbonyl (C=O) groups excluding carboxylic acids is 2. The van der Waals surface area contributed by atoms with Crippen LogP contribution >= 0.6 is 0 Å². The minimum atomic E-state index is -0.187. The van der Waals surface area contributed by atoms with Gasteiger partial charge in [0, 0.05) is 17.3 Å². The van der Waals surface area contributed by atoms with Crippen molar-refractivity contribution in [3.05, 3.63) is 83.9 Å². The zero-order valence-electron chi connectivity index (χ0n) is 18.1. The van der Waals surface area contributed by atoms with Gasteiger partial charge in [-0.25, -0.2) is 0 Å². The second-order valence-corrected chi connectivity index (χ2v) is 7.91. The summed E-state index contributed by atoms with van der Waals surface area (Å²) in [6.45, 7) is 2.44. The molecule has 0 aliphatic heterocycles. The van der Waals surface area contributed by atoms with Gasteiger partial charge in [-0.15, -0.1) is 0 Å². The van der Waals surface area contributed by atoms with E-state index in [9.17, 15) is 9.59 Å². The largest absolute Gasteiger partial charge is 0.487 e. The molecule has 0 unspecified atom stereocenters. The molecule has 0 spiro atoms. The molecule has 3 aromatic rings. The van der Waals surface area contributed by atoms with E-state index in [0.29, 0.717) is 18.0 Å². The van der Waals surface area contributed by atoms with Crippen molar-refractivity contribution in [3.8, 4) is 5.75 Å². The van der Waals surface area contributed by atoms with Gasteiger partial charge < -0.3 is 20.7 Å². The maximum absolute atomic E-state index is 12.6. The lowest BCUT2D eigenvalue weighted by Crippen LogP contribution is -2.22. The first-order chi connectivity index (χ1) is 15.6.